The van der Waals surface area contributed by atoms with Crippen LogP contribution in [0.5, 0.6) is 0 Å². The molecule has 1 aliphatic carbocycles. The summed E-state index contributed by atoms with van der Waals surface area (Å²) in [5, 5.41) is 4.70. The lowest BCUT2D eigenvalue weighted by molar-refractivity contribution is 0.285. The number of sulfonamides is 1. The van der Waals surface area contributed by atoms with Gasteiger partial charge >= 0.3 is 0 Å². The Morgan fingerprint density at radius 2 is 1.95 bits per heavy atom. The van der Waals surface area contributed by atoms with Crippen molar-refractivity contribution in [2.75, 3.05) is 7.05 Å². The van der Waals surface area contributed by atoms with Gasteiger partial charge in [0.1, 0.15) is 11.4 Å². The Balaban J connectivity index is 1.82. The minimum Gasteiger partial charge on any atom is -0.356 e. The molecular formula is C15H20N2O3S. The molecule has 0 aliphatic heterocycles. The van der Waals surface area contributed by atoms with E-state index in [9.17, 15) is 8.42 Å². The van der Waals surface area contributed by atoms with Gasteiger partial charge in [-0.2, -0.15) is 0 Å². The van der Waals surface area contributed by atoms with Crippen molar-refractivity contribution in [3.05, 3.63) is 30.0 Å². The molecule has 1 saturated carbocycles. The molecular weight excluding hydrogens is 288 g/mol. The van der Waals surface area contributed by atoms with E-state index >= 15 is 0 Å². The number of benzene rings is 1. The molecule has 1 aromatic carbocycles. The first kappa shape index (κ1) is 14.5. The van der Waals surface area contributed by atoms with Crippen molar-refractivity contribution >= 4 is 21.0 Å². The van der Waals surface area contributed by atoms with Gasteiger partial charge in [0.15, 0.2) is 5.58 Å². The van der Waals surface area contributed by atoms with Crippen LogP contribution in [0.2, 0.25) is 0 Å². The number of rotatable bonds is 4. The van der Waals surface area contributed by atoms with Crippen LogP contribution >= 0.6 is 0 Å². The van der Waals surface area contributed by atoms with E-state index in [1.807, 2.05) is 18.2 Å². The highest BCUT2D eigenvalue weighted by molar-refractivity contribution is 7.88. The number of para-hydroxylation sites is 1. The highest BCUT2D eigenvalue weighted by Crippen LogP contribution is 2.26. The monoisotopic (exact) mass is 308 g/mol. The molecule has 1 aliphatic rings. The Hall–Kier alpha value is -1.40. The van der Waals surface area contributed by atoms with E-state index in [4.69, 9.17) is 4.52 Å². The fourth-order valence-electron chi connectivity index (χ4n) is 2.99. The zero-order valence-electron chi connectivity index (χ0n) is 12.2. The summed E-state index contributed by atoms with van der Waals surface area (Å²) in [4.78, 5) is 0. The highest BCUT2D eigenvalue weighted by atomic mass is 32.2. The largest absolute Gasteiger partial charge is 0.356 e. The quantitative estimate of drug-likeness (QED) is 0.871. The van der Waals surface area contributed by atoms with Crippen molar-refractivity contribution in [3.8, 4) is 0 Å². The SMILES string of the molecule is CN(C1CCCCC1)S(=O)(=O)Cc1noc2ccccc12. The topological polar surface area (TPSA) is 63.4 Å². The number of fused-ring (bicyclic) bond motifs is 1. The summed E-state index contributed by atoms with van der Waals surface area (Å²) < 4.78 is 31.9. The van der Waals surface area contributed by atoms with Crippen LogP contribution in [0, 0.1) is 0 Å². The molecule has 21 heavy (non-hydrogen) atoms. The van der Waals surface area contributed by atoms with E-state index < -0.39 is 10.0 Å². The normalized spacial score (nSPS) is 17.6. The second-order valence-electron chi connectivity index (χ2n) is 5.69. The maximum Gasteiger partial charge on any atom is 0.220 e. The molecule has 6 heteroatoms. The van der Waals surface area contributed by atoms with Crippen LogP contribution in [0.25, 0.3) is 11.0 Å². The predicted octanol–water partition coefficient (Wildman–Crippen LogP) is 2.92. The van der Waals surface area contributed by atoms with Crippen LogP contribution < -0.4 is 0 Å². The summed E-state index contributed by atoms with van der Waals surface area (Å²) in [7, 11) is -1.68. The molecule has 5 nitrogen and oxygen atoms in total. The summed E-state index contributed by atoms with van der Waals surface area (Å²) >= 11 is 0. The third-order valence-electron chi connectivity index (χ3n) is 4.30. The fourth-order valence-corrected chi connectivity index (χ4v) is 4.41. The van der Waals surface area contributed by atoms with Crippen molar-refractivity contribution in [2.45, 2.75) is 43.9 Å². The first-order valence-corrected chi connectivity index (χ1v) is 8.98. The lowest BCUT2D eigenvalue weighted by atomic mass is 9.96. The Kier molecular flexibility index (Phi) is 3.99. The van der Waals surface area contributed by atoms with Gasteiger partial charge < -0.3 is 4.52 Å². The smallest absolute Gasteiger partial charge is 0.220 e. The Bertz CT molecular complexity index is 717. The van der Waals surface area contributed by atoms with Crippen molar-refractivity contribution in [3.63, 3.8) is 0 Å². The molecule has 0 bridgehead atoms. The number of hydrogen-bond acceptors (Lipinski definition) is 4. The minimum atomic E-state index is -3.36. The van der Waals surface area contributed by atoms with Crippen LogP contribution in [0.15, 0.2) is 28.8 Å². The molecule has 1 aromatic heterocycles. The summed E-state index contributed by atoms with van der Waals surface area (Å²) in [6.07, 6.45) is 5.33. The zero-order chi connectivity index (χ0) is 14.9. The molecule has 114 valence electrons. The second kappa shape index (κ2) is 5.77. The van der Waals surface area contributed by atoms with Gasteiger partial charge in [-0.3, -0.25) is 0 Å². The average Bonchev–Trinajstić information content (AvgIpc) is 2.90. The van der Waals surface area contributed by atoms with Gasteiger partial charge in [0.25, 0.3) is 0 Å². The summed E-state index contributed by atoms with van der Waals surface area (Å²) in [5.74, 6) is -0.100. The van der Waals surface area contributed by atoms with Crippen LogP contribution in [0.1, 0.15) is 37.8 Å². The third-order valence-corrected chi connectivity index (χ3v) is 6.11. The molecule has 0 N–H and O–H groups in total. The molecule has 0 atom stereocenters. The van der Waals surface area contributed by atoms with Crippen LogP contribution in [-0.4, -0.2) is 31.0 Å². The predicted molar refractivity (Wildman–Crippen MR) is 81.3 cm³/mol. The lowest BCUT2D eigenvalue weighted by Crippen LogP contribution is -2.38. The highest BCUT2D eigenvalue weighted by Gasteiger charge is 2.29. The second-order valence-corrected chi connectivity index (χ2v) is 7.72. The maximum absolute atomic E-state index is 12.6. The molecule has 0 radical (unpaired) electrons. The average molecular weight is 308 g/mol. The number of aromatic nitrogens is 1. The van der Waals surface area contributed by atoms with Crippen molar-refractivity contribution in [1.82, 2.24) is 9.46 Å². The van der Waals surface area contributed by atoms with E-state index in [0.29, 0.717) is 11.3 Å². The lowest BCUT2D eigenvalue weighted by Gasteiger charge is -2.30. The van der Waals surface area contributed by atoms with Crippen molar-refractivity contribution in [1.29, 1.82) is 0 Å². The standard InChI is InChI=1S/C15H20N2O3S/c1-17(12-7-3-2-4-8-12)21(18,19)11-14-13-9-5-6-10-15(13)20-16-14/h5-6,9-10,12H,2-4,7-8,11H2,1H3. The van der Waals surface area contributed by atoms with Gasteiger partial charge in [-0.15, -0.1) is 0 Å². The van der Waals surface area contributed by atoms with Crippen molar-refractivity contribution in [2.24, 2.45) is 0 Å². The molecule has 0 spiro atoms. The Morgan fingerprint density at radius 3 is 2.71 bits per heavy atom. The van der Waals surface area contributed by atoms with Gasteiger partial charge in [-0.1, -0.05) is 36.6 Å². The molecule has 0 saturated heterocycles. The summed E-state index contributed by atoms with van der Waals surface area (Å²) in [6, 6.07) is 7.48. The summed E-state index contributed by atoms with van der Waals surface area (Å²) in [6.45, 7) is 0. The van der Waals surface area contributed by atoms with E-state index in [1.54, 1.807) is 13.1 Å². The van der Waals surface area contributed by atoms with E-state index in [0.717, 1.165) is 31.1 Å². The maximum atomic E-state index is 12.6. The van der Waals surface area contributed by atoms with Crippen LogP contribution in [0.3, 0.4) is 0 Å². The van der Waals surface area contributed by atoms with Gasteiger partial charge in [-0.05, 0) is 25.0 Å². The number of hydrogen-bond donors (Lipinski definition) is 0. The molecule has 2 aromatic rings. The molecule has 0 unspecified atom stereocenters. The van der Waals surface area contributed by atoms with Gasteiger partial charge in [-0.25, -0.2) is 12.7 Å². The van der Waals surface area contributed by atoms with Crippen molar-refractivity contribution < 1.29 is 12.9 Å². The summed E-state index contributed by atoms with van der Waals surface area (Å²) in [5.41, 5.74) is 1.12. The Labute approximate surface area is 125 Å². The van der Waals surface area contributed by atoms with Crippen LogP contribution in [-0.2, 0) is 15.8 Å². The third kappa shape index (κ3) is 2.96. The zero-order valence-corrected chi connectivity index (χ0v) is 13.0. The first-order chi connectivity index (χ1) is 10.1. The van der Waals surface area contributed by atoms with Gasteiger partial charge in [0.2, 0.25) is 10.0 Å². The Morgan fingerprint density at radius 1 is 1.24 bits per heavy atom. The minimum absolute atomic E-state index is 0.100. The van der Waals surface area contributed by atoms with Gasteiger partial charge in [0, 0.05) is 18.5 Å². The molecule has 1 heterocycles. The van der Waals surface area contributed by atoms with Gasteiger partial charge in [0.05, 0.1) is 0 Å². The molecule has 1 fully saturated rings. The van der Waals surface area contributed by atoms with E-state index in [-0.39, 0.29) is 11.8 Å². The van der Waals surface area contributed by atoms with E-state index in [2.05, 4.69) is 5.16 Å². The van der Waals surface area contributed by atoms with Crippen LogP contribution in [0.4, 0.5) is 0 Å². The van der Waals surface area contributed by atoms with E-state index in [1.165, 1.54) is 10.7 Å². The first-order valence-electron chi connectivity index (χ1n) is 7.37. The fraction of sp³-hybridized carbons (Fsp3) is 0.533. The number of nitrogens with zero attached hydrogens (tertiary/aromatic N) is 2. The molecule has 0 amide bonds. The molecule has 3 rings (SSSR count).